The van der Waals surface area contributed by atoms with E-state index >= 15 is 0 Å². The molecule has 2 heterocycles. The molecule has 0 saturated carbocycles. The van der Waals surface area contributed by atoms with Crippen LogP contribution in [0.1, 0.15) is 32.6 Å². The third-order valence-electron chi connectivity index (χ3n) is 3.72. The Morgan fingerprint density at radius 1 is 1.46 bits per heavy atom. The van der Waals surface area contributed by atoms with E-state index < -0.39 is 35.8 Å². The topological polar surface area (TPSA) is 105 Å². The van der Waals surface area contributed by atoms with Crippen LogP contribution in [0.3, 0.4) is 0 Å². The smallest absolute Gasteiger partial charge is 0.331 e. The number of hydrogen-bond acceptors (Lipinski definition) is 5. The highest BCUT2D eigenvalue weighted by molar-refractivity contribution is 5.30. The predicted molar refractivity (Wildman–Crippen MR) is 87.0 cm³/mol. The second-order valence-electron chi connectivity index (χ2n) is 5.53. The molecule has 1 saturated heterocycles. The van der Waals surface area contributed by atoms with Crippen LogP contribution in [0.25, 0.3) is 0 Å². The quantitative estimate of drug-likeness (QED) is 0.511. The number of ether oxygens (including phenoxy) is 1. The molecule has 0 unspecified atom stereocenters. The summed E-state index contributed by atoms with van der Waals surface area (Å²) in [6.07, 6.45) is 2.11. The highest BCUT2D eigenvalue weighted by atomic mass is 16.6. The molecule has 2 rings (SSSR count). The number of nitrogens with zero attached hydrogens (tertiary/aromatic N) is 1. The summed E-state index contributed by atoms with van der Waals surface area (Å²) >= 11 is 0. The zero-order valence-electron chi connectivity index (χ0n) is 13.4. The molecule has 1 aromatic heterocycles. The fraction of sp³-hybridized carbons (Fsp3) is 0.529. The molecule has 0 aliphatic carbocycles. The summed E-state index contributed by atoms with van der Waals surface area (Å²) < 4.78 is 6.75. The van der Waals surface area contributed by atoms with Crippen LogP contribution in [0.15, 0.2) is 21.9 Å². The summed E-state index contributed by atoms with van der Waals surface area (Å²) in [4.78, 5) is 25.5. The van der Waals surface area contributed by atoms with Gasteiger partial charge in [0.1, 0.15) is 6.10 Å². The maximum absolute atomic E-state index is 12.1. The van der Waals surface area contributed by atoms with Crippen LogP contribution in [0.5, 0.6) is 0 Å². The van der Waals surface area contributed by atoms with Crippen molar-refractivity contribution in [2.45, 2.75) is 50.5 Å². The van der Waals surface area contributed by atoms with E-state index in [1.165, 1.54) is 12.3 Å². The lowest BCUT2D eigenvalue weighted by Crippen LogP contribution is -2.43. The number of rotatable bonds is 4. The van der Waals surface area contributed by atoms with Crippen molar-refractivity contribution in [2.24, 2.45) is 0 Å². The Morgan fingerprint density at radius 2 is 2.25 bits per heavy atom. The Bertz CT molecular complexity index is 804. The fourth-order valence-electron chi connectivity index (χ4n) is 2.45. The average Bonchev–Trinajstić information content (AvgIpc) is 2.87. The number of unbranched alkanes of at least 4 members (excludes halogenated alkanes) is 2. The third-order valence-corrected chi connectivity index (χ3v) is 3.72. The van der Waals surface area contributed by atoms with Gasteiger partial charge in [-0.1, -0.05) is 19.3 Å². The van der Waals surface area contributed by atoms with E-state index in [0.29, 0.717) is 0 Å². The summed E-state index contributed by atoms with van der Waals surface area (Å²) in [5, 5.41) is 19.3. The van der Waals surface area contributed by atoms with Gasteiger partial charge >= 0.3 is 5.69 Å². The SMILES string of the molecule is CCCCC#CC#C[C@]1(n2ccc(=O)[nH]c2=O)C[C@H](O)[C@@H](CO)O1. The minimum atomic E-state index is -1.48. The first-order chi connectivity index (χ1) is 11.5. The zero-order chi connectivity index (χ0) is 17.6. The van der Waals surface area contributed by atoms with E-state index in [-0.39, 0.29) is 6.42 Å². The van der Waals surface area contributed by atoms with Crippen molar-refractivity contribution in [3.8, 4) is 23.7 Å². The number of hydrogen-bond donors (Lipinski definition) is 3. The maximum atomic E-state index is 12.1. The van der Waals surface area contributed by atoms with E-state index in [1.807, 2.05) is 0 Å². The molecule has 1 aromatic rings. The van der Waals surface area contributed by atoms with Crippen molar-refractivity contribution < 1.29 is 14.9 Å². The monoisotopic (exact) mass is 332 g/mol. The van der Waals surface area contributed by atoms with Crippen LogP contribution in [-0.4, -0.2) is 38.6 Å². The van der Waals surface area contributed by atoms with Gasteiger partial charge in [0.2, 0.25) is 5.72 Å². The molecule has 0 aromatic carbocycles. The van der Waals surface area contributed by atoms with Crippen molar-refractivity contribution in [3.05, 3.63) is 33.1 Å². The van der Waals surface area contributed by atoms with Crippen LogP contribution in [-0.2, 0) is 10.5 Å². The average molecular weight is 332 g/mol. The van der Waals surface area contributed by atoms with E-state index in [9.17, 15) is 19.8 Å². The molecule has 3 N–H and O–H groups in total. The molecule has 7 heteroatoms. The zero-order valence-corrected chi connectivity index (χ0v) is 13.4. The standard InChI is InChI=1S/C17H20N2O5/c1-2-3-4-5-6-7-9-17(11-13(21)14(12-20)24-17)19-10-8-15(22)18-16(19)23/h8,10,13-14,20-21H,2-4,11-12H2,1H3,(H,18,22,23)/t13-,14+,17+/m0/s1. The first-order valence-corrected chi connectivity index (χ1v) is 7.81. The molecular weight excluding hydrogens is 312 g/mol. The minimum absolute atomic E-state index is 0.0200. The fourth-order valence-corrected chi connectivity index (χ4v) is 2.45. The Hall–Kier alpha value is -2.32. The van der Waals surface area contributed by atoms with E-state index in [0.717, 1.165) is 23.8 Å². The molecule has 0 amide bonds. The molecule has 0 radical (unpaired) electrons. The molecular formula is C17H20N2O5. The van der Waals surface area contributed by atoms with Crippen LogP contribution >= 0.6 is 0 Å². The lowest BCUT2D eigenvalue weighted by atomic mass is 10.1. The molecule has 128 valence electrons. The largest absolute Gasteiger partial charge is 0.394 e. The van der Waals surface area contributed by atoms with E-state index in [2.05, 4.69) is 35.6 Å². The first-order valence-electron chi connectivity index (χ1n) is 7.81. The summed E-state index contributed by atoms with van der Waals surface area (Å²) in [5.74, 6) is 11.0. The van der Waals surface area contributed by atoms with Crippen molar-refractivity contribution in [1.82, 2.24) is 9.55 Å². The van der Waals surface area contributed by atoms with Gasteiger partial charge in [-0.2, -0.15) is 0 Å². The number of aliphatic hydroxyl groups excluding tert-OH is 2. The number of aromatic nitrogens is 2. The summed E-state index contributed by atoms with van der Waals surface area (Å²) in [6.45, 7) is 1.65. The Balaban J connectivity index is 2.40. The molecule has 3 atom stereocenters. The van der Waals surface area contributed by atoms with Gasteiger partial charge in [0.25, 0.3) is 5.56 Å². The molecule has 7 nitrogen and oxygen atoms in total. The van der Waals surface area contributed by atoms with Gasteiger partial charge in [-0.05, 0) is 24.2 Å². The van der Waals surface area contributed by atoms with Gasteiger partial charge in [-0.25, -0.2) is 4.79 Å². The Morgan fingerprint density at radius 3 is 2.88 bits per heavy atom. The first kappa shape index (κ1) is 18.0. The lowest BCUT2D eigenvalue weighted by molar-refractivity contribution is -0.0836. The van der Waals surface area contributed by atoms with Gasteiger partial charge in [-0.3, -0.25) is 14.3 Å². The Kier molecular flexibility index (Phi) is 5.99. The molecule has 1 aliphatic heterocycles. The van der Waals surface area contributed by atoms with Crippen LogP contribution in [0, 0.1) is 23.7 Å². The minimum Gasteiger partial charge on any atom is -0.394 e. The molecule has 1 aliphatic rings. The van der Waals surface area contributed by atoms with Crippen LogP contribution in [0.2, 0.25) is 0 Å². The molecule has 24 heavy (non-hydrogen) atoms. The van der Waals surface area contributed by atoms with E-state index in [1.54, 1.807) is 0 Å². The van der Waals surface area contributed by atoms with Gasteiger partial charge < -0.3 is 14.9 Å². The second kappa shape index (κ2) is 7.98. The van der Waals surface area contributed by atoms with Crippen LogP contribution in [0.4, 0.5) is 0 Å². The summed E-state index contributed by atoms with van der Waals surface area (Å²) in [5.41, 5.74) is -2.73. The normalized spacial score (nSPS) is 25.5. The maximum Gasteiger partial charge on any atom is 0.331 e. The van der Waals surface area contributed by atoms with Gasteiger partial charge in [-0.15, -0.1) is 0 Å². The molecule has 0 bridgehead atoms. The molecule has 1 fully saturated rings. The van der Waals surface area contributed by atoms with E-state index in [4.69, 9.17) is 4.74 Å². The van der Waals surface area contributed by atoms with Crippen LogP contribution < -0.4 is 11.2 Å². The van der Waals surface area contributed by atoms with Gasteiger partial charge in [0, 0.05) is 25.1 Å². The lowest BCUT2D eigenvalue weighted by Gasteiger charge is -2.24. The van der Waals surface area contributed by atoms with Crippen molar-refractivity contribution in [1.29, 1.82) is 0 Å². The highest BCUT2D eigenvalue weighted by Crippen LogP contribution is 2.33. The Labute approximate surface area is 139 Å². The van der Waals surface area contributed by atoms with Gasteiger partial charge in [0.15, 0.2) is 0 Å². The van der Waals surface area contributed by atoms with Gasteiger partial charge in [0.05, 0.1) is 12.7 Å². The predicted octanol–water partition coefficient (Wildman–Crippen LogP) is -0.471. The molecule has 0 spiro atoms. The summed E-state index contributed by atoms with van der Waals surface area (Å²) in [6, 6.07) is 1.17. The highest BCUT2D eigenvalue weighted by Gasteiger charge is 2.47. The summed E-state index contributed by atoms with van der Waals surface area (Å²) in [7, 11) is 0. The number of nitrogens with one attached hydrogen (secondary N) is 1. The second-order valence-corrected chi connectivity index (χ2v) is 5.53. The number of aliphatic hydroxyl groups is 2. The number of H-pyrrole nitrogens is 1. The van der Waals surface area contributed by atoms with Crippen molar-refractivity contribution >= 4 is 0 Å². The third kappa shape index (κ3) is 3.95. The van der Waals surface area contributed by atoms with Crippen molar-refractivity contribution in [3.63, 3.8) is 0 Å². The number of aromatic amines is 1. The van der Waals surface area contributed by atoms with Crippen molar-refractivity contribution in [2.75, 3.05) is 6.61 Å².